The number of aliphatic hydroxyl groups is 1. The number of rotatable bonds is 13. The van der Waals surface area contributed by atoms with Crippen molar-refractivity contribution in [3.05, 3.63) is 0 Å². The first kappa shape index (κ1) is 19.4. The summed E-state index contributed by atoms with van der Waals surface area (Å²) in [6, 6.07) is 0. The third-order valence-corrected chi connectivity index (χ3v) is 3.11. The molecular formula is C15H31NO4. The fraction of sp³-hybridized carbons (Fsp3) is 0.933. The molecule has 0 aromatic heterocycles. The Hall–Kier alpha value is -0.650. The first-order chi connectivity index (χ1) is 9.57. The van der Waals surface area contributed by atoms with Gasteiger partial charge in [-0.2, -0.15) is 0 Å². The molecule has 0 fully saturated rings. The molecule has 20 heavy (non-hydrogen) atoms. The quantitative estimate of drug-likeness (QED) is 0.309. The second-order valence-corrected chi connectivity index (χ2v) is 5.19. The number of hydrogen-bond donors (Lipinski definition) is 2. The standard InChI is InChI=1S/C15H31NO4/c1-3-4-5-6-7-8-9-10-11-19-12-14(18)15(16)20-13(2)17/h14-15,18H,3-12,16H2,1-2H3. The molecule has 120 valence electrons. The number of esters is 1. The molecular weight excluding hydrogens is 258 g/mol. The number of carbonyl (C=O) groups excluding carboxylic acids is 1. The van der Waals surface area contributed by atoms with Gasteiger partial charge in [0.15, 0.2) is 6.23 Å². The van der Waals surface area contributed by atoms with Gasteiger partial charge >= 0.3 is 5.97 Å². The van der Waals surface area contributed by atoms with Crippen LogP contribution in [0.3, 0.4) is 0 Å². The highest BCUT2D eigenvalue weighted by molar-refractivity contribution is 5.66. The van der Waals surface area contributed by atoms with Crippen molar-refractivity contribution in [3.63, 3.8) is 0 Å². The van der Waals surface area contributed by atoms with Crippen LogP contribution < -0.4 is 5.73 Å². The third-order valence-electron chi connectivity index (χ3n) is 3.11. The Labute approximate surface area is 122 Å². The Balaban J connectivity index is 3.28. The molecule has 0 aliphatic carbocycles. The molecule has 2 atom stereocenters. The largest absolute Gasteiger partial charge is 0.444 e. The molecule has 0 saturated carbocycles. The summed E-state index contributed by atoms with van der Waals surface area (Å²) in [5, 5.41) is 9.56. The van der Waals surface area contributed by atoms with E-state index in [2.05, 4.69) is 11.7 Å². The molecule has 0 heterocycles. The minimum atomic E-state index is -1.01. The lowest BCUT2D eigenvalue weighted by Crippen LogP contribution is -2.41. The maximum Gasteiger partial charge on any atom is 0.304 e. The lowest BCUT2D eigenvalue weighted by molar-refractivity contribution is -0.154. The van der Waals surface area contributed by atoms with Crippen LogP contribution in [0.1, 0.15) is 65.2 Å². The van der Waals surface area contributed by atoms with Crippen molar-refractivity contribution in [3.8, 4) is 0 Å². The summed E-state index contributed by atoms with van der Waals surface area (Å²) >= 11 is 0. The zero-order valence-corrected chi connectivity index (χ0v) is 13.0. The molecule has 0 aliphatic rings. The molecule has 0 radical (unpaired) electrons. The van der Waals surface area contributed by atoms with E-state index in [0.717, 1.165) is 12.8 Å². The highest BCUT2D eigenvalue weighted by atomic mass is 16.6. The van der Waals surface area contributed by atoms with Crippen molar-refractivity contribution in [2.75, 3.05) is 13.2 Å². The molecule has 0 amide bonds. The maximum atomic E-state index is 10.6. The zero-order chi connectivity index (χ0) is 15.2. The lowest BCUT2D eigenvalue weighted by atomic mass is 10.1. The van der Waals surface area contributed by atoms with E-state index in [1.807, 2.05) is 0 Å². The Morgan fingerprint density at radius 2 is 1.65 bits per heavy atom. The van der Waals surface area contributed by atoms with Crippen LogP contribution in [0.15, 0.2) is 0 Å². The van der Waals surface area contributed by atoms with Crippen molar-refractivity contribution in [1.29, 1.82) is 0 Å². The number of hydrogen-bond acceptors (Lipinski definition) is 5. The smallest absolute Gasteiger partial charge is 0.304 e. The van der Waals surface area contributed by atoms with E-state index >= 15 is 0 Å². The SMILES string of the molecule is CCCCCCCCCCOCC(O)C(N)OC(C)=O. The van der Waals surface area contributed by atoms with E-state index in [0.29, 0.717) is 6.61 Å². The Kier molecular flexibility index (Phi) is 12.9. The molecule has 5 heteroatoms. The second-order valence-electron chi connectivity index (χ2n) is 5.19. The fourth-order valence-electron chi connectivity index (χ4n) is 1.91. The van der Waals surface area contributed by atoms with Gasteiger partial charge in [-0.05, 0) is 6.42 Å². The fourth-order valence-corrected chi connectivity index (χ4v) is 1.91. The molecule has 2 unspecified atom stereocenters. The summed E-state index contributed by atoms with van der Waals surface area (Å²) < 4.78 is 9.99. The minimum absolute atomic E-state index is 0.102. The van der Waals surface area contributed by atoms with Gasteiger partial charge in [0.25, 0.3) is 0 Å². The Bertz CT molecular complexity index is 236. The molecule has 3 N–H and O–H groups in total. The van der Waals surface area contributed by atoms with E-state index in [1.165, 1.54) is 45.4 Å². The van der Waals surface area contributed by atoms with E-state index in [4.69, 9.17) is 10.5 Å². The highest BCUT2D eigenvalue weighted by Gasteiger charge is 2.17. The van der Waals surface area contributed by atoms with Crippen molar-refractivity contribution in [1.82, 2.24) is 0 Å². The van der Waals surface area contributed by atoms with E-state index in [1.54, 1.807) is 0 Å². The molecule has 0 aromatic rings. The van der Waals surface area contributed by atoms with Crippen LogP contribution in [0.4, 0.5) is 0 Å². The first-order valence-electron chi connectivity index (χ1n) is 7.76. The number of aliphatic hydroxyl groups excluding tert-OH is 1. The summed E-state index contributed by atoms with van der Waals surface area (Å²) in [5.41, 5.74) is 5.47. The number of nitrogens with two attached hydrogens (primary N) is 1. The molecule has 0 aliphatic heterocycles. The Morgan fingerprint density at radius 1 is 1.10 bits per heavy atom. The summed E-state index contributed by atoms with van der Waals surface area (Å²) in [6.45, 7) is 4.19. The summed E-state index contributed by atoms with van der Waals surface area (Å²) in [5.74, 6) is -0.500. The van der Waals surface area contributed by atoms with Crippen molar-refractivity contribution in [2.45, 2.75) is 77.5 Å². The topological polar surface area (TPSA) is 81.8 Å². The van der Waals surface area contributed by atoms with Crippen LogP contribution in [0, 0.1) is 0 Å². The van der Waals surface area contributed by atoms with Gasteiger partial charge in [0.2, 0.25) is 0 Å². The first-order valence-corrected chi connectivity index (χ1v) is 7.76. The normalized spacial score (nSPS) is 14.0. The van der Waals surface area contributed by atoms with Crippen molar-refractivity contribution >= 4 is 5.97 Å². The lowest BCUT2D eigenvalue weighted by Gasteiger charge is -2.18. The summed E-state index contributed by atoms with van der Waals surface area (Å²) in [4.78, 5) is 10.6. The molecule has 0 rings (SSSR count). The number of ether oxygens (including phenoxy) is 2. The summed E-state index contributed by atoms with van der Waals surface area (Å²) in [6.07, 6.45) is 7.98. The van der Waals surface area contributed by atoms with Gasteiger partial charge in [-0.1, -0.05) is 51.9 Å². The van der Waals surface area contributed by atoms with Gasteiger partial charge in [0.1, 0.15) is 6.10 Å². The van der Waals surface area contributed by atoms with Crippen LogP contribution in [-0.4, -0.2) is 36.6 Å². The highest BCUT2D eigenvalue weighted by Crippen LogP contribution is 2.08. The van der Waals surface area contributed by atoms with Gasteiger partial charge in [-0.25, -0.2) is 0 Å². The average molecular weight is 289 g/mol. The Morgan fingerprint density at radius 3 is 2.20 bits per heavy atom. The predicted octanol–water partition coefficient (Wildman–Crippen LogP) is 2.35. The van der Waals surface area contributed by atoms with E-state index < -0.39 is 18.3 Å². The molecule has 0 aromatic carbocycles. The van der Waals surface area contributed by atoms with Crippen molar-refractivity contribution in [2.24, 2.45) is 5.73 Å². The molecule has 0 bridgehead atoms. The summed E-state index contributed by atoms with van der Waals surface area (Å²) in [7, 11) is 0. The molecule has 0 spiro atoms. The predicted molar refractivity (Wildman–Crippen MR) is 79.2 cm³/mol. The minimum Gasteiger partial charge on any atom is -0.444 e. The third kappa shape index (κ3) is 12.4. The molecule has 5 nitrogen and oxygen atoms in total. The number of unbranched alkanes of at least 4 members (excludes halogenated alkanes) is 7. The van der Waals surface area contributed by atoms with Gasteiger partial charge in [-0.3, -0.25) is 10.5 Å². The zero-order valence-electron chi connectivity index (χ0n) is 13.0. The van der Waals surface area contributed by atoms with Crippen LogP contribution >= 0.6 is 0 Å². The monoisotopic (exact) mass is 289 g/mol. The van der Waals surface area contributed by atoms with Crippen LogP contribution in [-0.2, 0) is 14.3 Å². The van der Waals surface area contributed by atoms with Gasteiger partial charge in [0, 0.05) is 13.5 Å². The second kappa shape index (κ2) is 13.3. The van der Waals surface area contributed by atoms with E-state index in [9.17, 15) is 9.90 Å². The van der Waals surface area contributed by atoms with Crippen molar-refractivity contribution < 1.29 is 19.4 Å². The van der Waals surface area contributed by atoms with Gasteiger partial charge in [0.05, 0.1) is 6.61 Å². The average Bonchev–Trinajstić information content (AvgIpc) is 2.39. The maximum absolute atomic E-state index is 10.6. The molecule has 0 saturated heterocycles. The van der Waals surface area contributed by atoms with Crippen LogP contribution in [0.25, 0.3) is 0 Å². The van der Waals surface area contributed by atoms with E-state index in [-0.39, 0.29) is 6.61 Å². The van der Waals surface area contributed by atoms with Gasteiger partial charge in [-0.15, -0.1) is 0 Å². The van der Waals surface area contributed by atoms with Gasteiger partial charge < -0.3 is 14.6 Å². The van der Waals surface area contributed by atoms with Crippen LogP contribution in [0.5, 0.6) is 0 Å². The number of carbonyl (C=O) groups is 1. The van der Waals surface area contributed by atoms with Crippen LogP contribution in [0.2, 0.25) is 0 Å².